The Balaban J connectivity index is 2.06. The Bertz CT molecular complexity index is 566. The zero-order valence-corrected chi connectivity index (χ0v) is 9.25. The highest BCUT2D eigenvalue weighted by atomic mass is 19.1. The molecule has 1 saturated carbocycles. The van der Waals surface area contributed by atoms with Crippen LogP contribution in [0.3, 0.4) is 0 Å². The highest BCUT2D eigenvalue weighted by Gasteiger charge is 2.42. The molecule has 3 rings (SSSR count). The van der Waals surface area contributed by atoms with E-state index in [4.69, 9.17) is 10.2 Å². The smallest absolute Gasteiger partial charge is 0.169 e. The predicted octanol–water partition coefficient (Wildman–Crippen LogP) is 3.25. The van der Waals surface area contributed by atoms with E-state index in [1.807, 2.05) is 0 Å². The van der Waals surface area contributed by atoms with Crippen molar-refractivity contribution in [2.75, 3.05) is 0 Å². The lowest BCUT2D eigenvalue weighted by Gasteiger charge is -2.15. The predicted molar refractivity (Wildman–Crippen MR) is 60.8 cm³/mol. The van der Waals surface area contributed by atoms with E-state index < -0.39 is 5.67 Å². The van der Waals surface area contributed by atoms with E-state index in [-0.39, 0.29) is 24.0 Å². The maximum absolute atomic E-state index is 14.6. The third-order valence-electron chi connectivity index (χ3n) is 3.42. The average Bonchev–Trinajstić information content (AvgIpc) is 2.83. The lowest BCUT2D eigenvalue weighted by molar-refractivity contribution is 0.139. The molecule has 90 valence electrons. The van der Waals surface area contributed by atoms with Crippen LogP contribution in [-0.2, 0) is 5.67 Å². The van der Waals surface area contributed by atoms with Crippen LogP contribution in [0.4, 0.5) is 8.78 Å². The second-order valence-electron chi connectivity index (χ2n) is 4.76. The third kappa shape index (κ3) is 1.72. The second kappa shape index (κ2) is 3.53. The maximum atomic E-state index is 14.6. The van der Waals surface area contributed by atoms with Gasteiger partial charge in [-0.25, -0.2) is 8.78 Å². The molecule has 2 N–H and O–H groups in total. The standard InChI is InChI=1S/C13H13F2NO/c14-9-1-2-11-8(5-9)6-12(17-11)13(15)4-3-10(16)7-13/h1-2,5-6,10H,3-4,7,16H2. The van der Waals surface area contributed by atoms with Crippen molar-refractivity contribution in [1.82, 2.24) is 0 Å². The first-order chi connectivity index (χ1) is 8.07. The molecular formula is C13H13F2NO. The van der Waals surface area contributed by atoms with Gasteiger partial charge in [0.15, 0.2) is 5.67 Å². The van der Waals surface area contributed by atoms with E-state index in [1.165, 1.54) is 18.2 Å². The number of halogens is 2. The molecule has 1 fully saturated rings. The van der Waals surface area contributed by atoms with E-state index in [1.54, 1.807) is 6.07 Å². The van der Waals surface area contributed by atoms with Gasteiger partial charge in [-0.15, -0.1) is 0 Å². The number of nitrogens with two attached hydrogens (primary N) is 1. The number of rotatable bonds is 1. The van der Waals surface area contributed by atoms with Gasteiger partial charge in [0.25, 0.3) is 0 Å². The number of benzene rings is 1. The summed E-state index contributed by atoms with van der Waals surface area (Å²) in [6.45, 7) is 0. The Morgan fingerprint density at radius 2 is 2.18 bits per heavy atom. The number of hydrogen-bond donors (Lipinski definition) is 1. The molecule has 2 aromatic rings. The molecule has 0 spiro atoms. The van der Waals surface area contributed by atoms with Gasteiger partial charge in [-0.3, -0.25) is 0 Å². The molecule has 2 unspecified atom stereocenters. The average molecular weight is 237 g/mol. The van der Waals surface area contributed by atoms with E-state index in [9.17, 15) is 8.78 Å². The molecule has 1 heterocycles. The first-order valence-electron chi connectivity index (χ1n) is 5.71. The summed E-state index contributed by atoms with van der Waals surface area (Å²) < 4.78 is 33.1. The lowest BCUT2D eigenvalue weighted by atomic mass is 10.0. The minimum absolute atomic E-state index is 0.120. The van der Waals surface area contributed by atoms with Crippen LogP contribution in [0.1, 0.15) is 25.0 Å². The molecule has 0 bridgehead atoms. The van der Waals surface area contributed by atoms with Crippen molar-refractivity contribution in [1.29, 1.82) is 0 Å². The van der Waals surface area contributed by atoms with Gasteiger partial charge in [-0.05, 0) is 37.1 Å². The van der Waals surface area contributed by atoms with Crippen molar-refractivity contribution in [3.05, 3.63) is 35.8 Å². The Labute approximate surface area is 97.4 Å². The van der Waals surface area contributed by atoms with Gasteiger partial charge in [0.1, 0.15) is 17.2 Å². The van der Waals surface area contributed by atoms with E-state index in [0.717, 1.165) is 0 Å². The van der Waals surface area contributed by atoms with Crippen LogP contribution in [0.15, 0.2) is 28.7 Å². The first-order valence-corrected chi connectivity index (χ1v) is 5.71. The number of hydrogen-bond acceptors (Lipinski definition) is 2. The fourth-order valence-corrected chi connectivity index (χ4v) is 2.49. The zero-order valence-electron chi connectivity index (χ0n) is 9.25. The summed E-state index contributed by atoms with van der Waals surface area (Å²) >= 11 is 0. The molecule has 0 aliphatic heterocycles. The van der Waals surface area contributed by atoms with Gasteiger partial charge in [-0.2, -0.15) is 0 Å². The molecule has 4 heteroatoms. The van der Waals surface area contributed by atoms with Crippen molar-refractivity contribution in [2.24, 2.45) is 5.73 Å². The maximum Gasteiger partial charge on any atom is 0.169 e. The molecule has 1 aliphatic rings. The highest BCUT2D eigenvalue weighted by Crippen LogP contribution is 2.43. The van der Waals surface area contributed by atoms with Crippen LogP contribution in [0.5, 0.6) is 0 Å². The largest absolute Gasteiger partial charge is 0.458 e. The molecule has 17 heavy (non-hydrogen) atoms. The van der Waals surface area contributed by atoms with E-state index in [2.05, 4.69) is 0 Å². The molecule has 1 aliphatic carbocycles. The minimum Gasteiger partial charge on any atom is -0.458 e. The summed E-state index contributed by atoms with van der Waals surface area (Å²) in [5, 5.41) is 0.595. The quantitative estimate of drug-likeness (QED) is 0.826. The van der Waals surface area contributed by atoms with Crippen molar-refractivity contribution in [3.8, 4) is 0 Å². The molecular weight excluding hydrogens is 224 g/mol. The van der Waals surface area contributed by atoms with Crippen molar-refractivity contribution in [2.45, 2.75) is 31.0 Å². The van der Waals surface area contributed by atoms with Crippen LogP contribution < -0.4 is 5.73 Å². The molecule has 1 aromatic carbocycles. The Kier molecular flexibility index (Phi) is 2.23. The molecule has 0 amide bonds. The third-order valence-corrected chi connectivity index (χ3v) is 3.42. The van der Waals surface area contributed by atoms with Crippen LogP contribution in [0, 0.1) is 5.82 Å². The molecule has 2 atom stereocenters. The minimum atomic E-state index is -1.49. The lowest BCUT2D eigenvalue weighted by Crippen LogP contribution is -2.20. The Hall–Kier alpha value is -1.42. The Morgan fingerprint density at radius 3 is 2.88 bits per heavy atom. The molecule has 0 radical (unpaired) electrons. The fourth-order valence-electron chi connectivity index (χ4n) is 2.49. The summed E-state index contributed by atoms with van der Waals surface area (Å²) in [6, 6.07) is 5.63. The normalized spacial score (nSPS) is 29.0. The first kappa shape index (κ1) is 10.7. The van der Waals surface area contributed by atoms with Crippen molar-refractivity contribution < 1.29 is 13.2 Å². The SMILES string of the molecule is NC1CCC(F)(c2cc3cc(F)ccc3o2)C1. The number of fused-ring (bicyclic) bond motifs is 1. The van der Waals surface area contributed by atoms with Crippen LogP contribution in [0.25, 0.3) is 11.0 Å². The van der Waals surface area contributed by atoms with Gasteiger partial charge in [0.05, 0.1) is 0 Å². The van der Waals surface area contributed by atoms with Crippen LogP contribution >= 0.6 is 0 Å². The number of furan rings is 1. The topological polar surface area (TPSA) is 39.2 Å². The van der Waals surface area contributed by atoms with Gasteiger partial charge in [0, 0.05) is 17.8 Å². The fraction of sp³-hybridized carbons (Fsp3) is 0.385. The van der Waals surface area contributed by atoms with Crippen molar-refractivity contribution >= 4 is 11.0 Å². The summed E-state index contributed by atoms with van der Waals surface area (Å²) in [7, 11) is 0. The molecule has 2 nitrogen and oxygen atoms in total. The van der Waals surface area contributed by atoms with Crippen LogP contribution in [-0.4, -0.2) is 6.04 Å². The van der Waals surface area contributed by atoms with Gasteiger partial charge >= 0.3 is 0 Å². The van der Waals surface area contributed by atoms with Gasteiger partial charge < -0.3 is 10.2 Å². The molecule has 1 aromatic heterocycles. The van der Waals surface area contributed by atoms with E-state index >= 15 is 0 Å². The Morgan fingerprint density at radius 1 is 1.35 bits per heavy atom. The van der Waals surface area contributed by atoms with Crippen molar-refractivity contribution in [3.63, 3.8) is 0 Å². The zero-order chi connectivity index (χ0) is 12.0. The summed E-state index contributed by atoms with van der Waals surface area (Å²) in [5.74, 6) is -0.0769. The number of alkyl halides is 1. The van der Waals surface area contributed by atoms with Gasteiger partial charge in [0.2, 0.25) is 0 Å². The highest BCUT2D eigenvalue weighted by molar-refractivity contribution is 5.78. The van der Waals surface area contributed by atoms with Gasteiger partial charge in [-0.1, -0.05) is 0 Å². The molecule has 0 saturated heterocycles. The summed E-state index contributed by atoms with van der Waals surface area (Å²) in [6.07, 6.45) is 1.30. The monoisotopic (exact) mass is 237 g/mol. The summed E-state index contributed by atoms with van der Waals surface area (Å²) in [4.78, 5) is 0. The van der Waals surface area contributed by atoms with E-state index in [0.29, 0.717) is 23.8 Å². The summed E-state index contributed by atoms with van der Waals surface area (Å²) in [5.41, 5.74) is 4.75. The second-order valence-corrected chi connectivity index (χ2v) is 4.76. The van der Waals surface area contributed by atoms with Crippen LogP contribution in [0.2, 0.25) is 0 Å².